The largest absolute Gasteiger partial charge is 0.481 e. The second-order valence-corrected chi connectivity index (χ2v) is 6.49. The number of aliphatic carboxylic acids is 1. The summed E-state index contributed by atoms with van der Waals surface area (Å²) in [5.74, 6) is -1.11. The first-order chi connectivity index (χ1) is 7.93. The van der Waals surface area contributed by atoms with Crippen molar-refractivity contribution in [2.75, 3.05) is 13.1 Å². The second-order valence-electron chi connectivity index (χ2n) is 3.90. The van der Waals surface area contributed by atoms with Gasteiger partial charge in [0.1, 0.15) is 4.34 Å². The van der Waals surface area contributed by atoms with Gasteiger partial charge in [-0.1, -0.05) is 25.4 Å². The molecular weight excluding hydrogens is 326 g/mol. The summed E-state index contributed by atoms with van der Waals surface area (Å²) < 4.78 is 1.64. The van der Waals surface area contributed by atoms with E-state index in [1.54, 1.807) is 6.92 Å². The third kappa shape index (κ3) is 4.58. The molecule has 0 bridgehead atoms. The van der Waals surface area contributed by atoms with Crippen molar-refractivity contribution in [1.82, 2.24) is 4.90 Å². The van der Waals surface area contributed by atoms with Crippen molar-refractivity contribution >= 4 is 44.8 Å². The van der Waals surface area contributed by atoms with Crippen molar-refractivity contribution in [3.05, 3.63) is 19.8 Å². The van der Waals surface area contributed by atoms with Crippen LogP contribution in [0.4, 0.5) is 0 Å². The van der Waals surface area contributed by atoms with Crippen molar-refractivity contribution < 1.29 is 9.90 Å². The van der Waals surface area contributed by atoms with Crippen molar-refractivity contribution in [3.8, 4) is 0 Å². The molecule has 0 aliphatic rings. The number of nitrogens with zero attached hydrogens (tertiary/aromatic N) is 1. The minimum atomic E-state index is -0.756. The van der Waals surface area contributed by atoms with Gasteiger partial charge in [0.05, 0.1) is 5.92 Å². The van der Waals surface area contributed by atoms with Gasteiger partial charge in [-0.05, 0) is 28.5 Å². The van der Waals surface area contributed by atoms with Gasteiger partial charge in [-0.2, -0.15) is 0 Å². The highest BCUT2D eigenvalue weighted by molar-refractivity contribution is 9.10. The first-order valence-electron chi connectivity index (χ1n) is 5.32. The van der Waals surface area contributed by atoms with Crippen molar-refractivity contribution in [1.29, 1.82) is 0 Å². The molecule has 6 heteroatoms. The van der Waals surface area contributed by atoms with E-state index in [1.807, 2.05) is 13.0 Å². The first kappa shape index (κ1) is 15.0. The highest BCUT2D eigenvalue weighted by Crippen LogP contribution is 2.32. The van der Waals surface area contributed by atoms with E-state index >= 15 is 0 Å². The molecule has 0 fully saturated rings. The van der Waals surface area contributed by atoms with E-state index < -0.39 is 5.97 Å². The Morgan fingerprint density at radius 2 is 2.35 bits per heavy atom. The number of hydrogen-bond acceptors (Lipinski definition) is 3. The lowest BCUT2D eigenvalue weighted by atomic mass is 10.1. The van der Waals surface area contributed by atoms with Crippen LogP contribution in [0.3, 0.4) is 0 Å². The summed E-state index contributed by atoms with van der Waals surface area (Å²) in [6.45, 7) is 5.87. The molecule has 0 aromatic carbocycles. The molecular formula is C11H15BrClNO2S. The summed E-state index contributed by atoms with van der Waals surface area (Å²) in [4.78, 5) is 14.1. The molecule has 0 radical (unpaired) electrons. The van der Waals surface area contributed by atoms with Crippen LogP contribution in [0.5, 0.6) is 0 Å². The maximum absolute atomic E-state index is 10.8. The topological polar surface area (TPSA) is 40.5 Å². The van der Waals surface area contributed by atoms with Gasteiger partial charge in [-0.25, -0.2) is 0 Å². The average molecular weight is 341 g/mol. The fraction of sp³-hybridized carbons (Fsp3) is 0.545. The number of halogens is 2. The van der Waals surface area contributed by atoms with Crippen molar-refractivity contribution in [3.63, 3.8) is 0 Å². The summed E-state index contributed by atoms with van der Waals surface area (Å²) in [7, 11) is 0. The summed E-state index contributed by atoms with van der Waals surface area (Å²) in [5, 5.41) is 8.89. The Bertz CT molecular complexity index is 377. The van der Waals surface area contributed by atoms with Crippen molar-refractivity contribution in [2.24, 2.45) is 5.92 Å². The Balaban J connectivity index is 2.60. The van der Waals surface area contributed by atoms with Gasteiger partial charge in [0.25, 0.3) is 0 Å². The molecule has 0 aliphatic heterocycles. The number of carboxylic acids is 1. The Morgan fingerprint density at radius 3 is 2.76 bits per heavy atom. The lowest BCUT2D eigenvalue weighted by molar-refractivity contribution is -0.141. The highest BCUT2D eigenvalue weighted by atomic mass is 79.9. The Morgan fingerprint density at radius 1 is 1.71 bits per heavy atom. The fourth-order valence-electron chi connectivity index (χ4n) is 1.46. The third-order valence-corrected chi connectivity index (χ3v) is 4.94. The number of thiophene rings is 1. The smallest absolute Gasteiger partial charge is 0.307 e. The molecule has 1 N–H and O–H groups in total. The minimum absolute atomic E-state index is 0.353. The van der Waals surface area contributed by atoms with E-state index in [0.29, 0.717) is 6.54 Å². The van der Waals surface area contributed by atoms with Crippen molar-refractivity contribution in [2.45, 2.75) is 20.4 Å². The molecule has 1 aromatic rings. The van der Waals surface area contributed by atoms with Gasteiger partial charge in [-0.3, -0.25) is 9.69 Å². The molecule has 0 saturated carbocycles. The summed E-state index contributed by atoms with van der Waals surface area (Å²) >= 11 is 10.9. The average Bonchev–Trinajstić information content (AvgIpc) is 2.56. The maximum atomic E-state index is 10.8. The number of rotatable bonds is 6. The van der Waals surface area contributed by atoms with Crippen LogP contribution in [-0.2, 0) is 11.3 Å². The fourth-order valence-corrected chi connectivity index (χ4v) is 3.29. The van der Waals surface area contributed by atoms with Crippen LogP contribution < -0.4 is 0 Å². The predicted molar refractivity (Wildman–Crippen MR) is 74.8 cm³/mol. The van der Waals surface area contributed by atoms with E-state index in [9.17, 15) is 4.79 Å². The Labute approximate surface area is 119 Å². The van der Waals surface area contributed by atoms with Crippen LogP contribution in [0.1, 0.15) is 18.7 Å². The normalized spacial score (nSPS) is 13.0. The standard InChI is InChI=1S/C11H15BrClNO2S/c1-3-14(5-7(2)11(15)16)6-8-4-9(12)10(13)17-8/h4,7H,3,5-6H2,1-2H3,(H,15,16). The van der Waals surface area contributed by atoms with Crippen LogP contribution in [0.15, 0.2) is 10.5 Å². The van der Waals surface area contributed by atoms with Crippen LogP contribution in [-0.4, -0.2) is 29.1 Å². The summed E-state index contributed by atoms with van der Waals surface area (Å²) in [6.07, 6.45) is 0. The maximum Gasteiger partial charge on any atom is 0.307 e. The SMILES string of the molecule is CCN(Cc1cc(Br)c(Cl)s1)CC(C)C(=O)O. The lowest BCUT2D eigenvalue weighted by Crippen LogP contribution is -2.31. The monoisotopic (exact) mass is 339 g/mol. The molecule has 0 saturated heterocycles. The zero-order valence-electron chi connectivity index (χ0n) is 9.74. The van der Waals surface area contributed by atoms with Gasteiger partial charge >= 0.3 is 5.97 Å². The van der Waals surface area contributed by atoms with E-state index in [2.05, 4.69) is 20.8 Å². The second kappa shape index (κ2) is 6.73. The Kier molecular flexibility index (Phi) is 5.92. The molecule has 1 rings (SSSR count). The zero-order valence-corrected chi connectivity index (χ0v) is 12.9. The van der Waals surface area contributed by atoms with Gasteiger partial charge in [0, 0.05) is 22.4 Å². The zero-order chi connectivity index (χ0) is 13.0. The number of carbonyl (C=O) groups is 1. The van der Waals surface area contributed by atoms with E-state index in [-0.39, 0.29) is 5.92 Å². The van der Waals surface area contributed by atoms with E-state index in [0.717, 1.165) is 26.8 Å². The van der Waals surface area contributed by atoms with Gasteiger partial charge in [0.2, 0.25) is 0 Å². The third-order valence-electron chi connectivity index (χ3n) is 2.48. The van der Waals surface area contributed by atoms with E-state index in [1.165, 1.54) is 11.3 Å². The Hall–Kier alpha value is -0.100. The summed E-state index contributed by atoms with van der Waals surface area (Å²) in [6, 6.07) is 1.99. The van der Waals surface area contributed by atoms with Crippen LogP contribution in [0, 0.1) is 5.92 Å². The van der Waals surface area contributed by atoms with Crippen LogP contribution in [0.25, 0.3) is 0 Å². The van der Waals surface area contributed by atoms with E-state index in [4.69, 9.17) is 16.7 Å². The molecule has 1 atom stereocenters. The minimum Gasteiger partial charge on any atom is -0.481 e. The van der Waals surface area contributed by atoms with Gasteiger partial charge < -0.3 is 5.11 Å². The molecule has 0 spiro atoms. The number of carboxylic acid groups (broad SMARTS) is 1. The molecule has 1 unspecified atom stereocenters. The quantitative estimate of drug-likeness (QED) is 0.858. The first-order valence-corrected chi connectivity index (χ1v) is 7.31. The molecule has 0 amide bonds. The summed E-state index contributed by atoms with van der Waals surface area (Å²) in [5.41, 5.74) is 0. The molecule has 96 valence electrons. The van der Waals surface area contributed by atoms with Gasteiger partial charge in [-0.15, -0.1) is 11.3 Å². The molecule has 1 aromatic heterocycles. The van der Waals surface area contributed by atoms with Gasteiger partial charge in [0.15, 0.2) is 0 Å². The van der Waals surface area contributed by atoms with Crippen LogP contribution >= 0.6 is 38.9 Å². The lowest BCUT2D eigenvalue weighted by Gasteiger charge is -2.21. The van der Waals surface area contributed by atoms with Crippen LogP contribution in [0.2, 0.25) is 4.34 Å². The number of hydrogen-bond donors (Lipinski definition) is 1. The highest BCUT2D eigenvalue weighted by Gasteiger charge is 2.16. The molecule has 1 heterocycles. The molecule has 17 heavy (non-hydrogen) atoms. The predicted octanol–water partition coefficient (Wildman–Crippen LogP) is 3.71. The molecule has 0 aliphatic carbocycles. The molecule has 3 nitrogen and oxygen atoms in total.